The fraction of sp³-hybridized carbons (Fsp3) is 0.750. The van der Waals surface area contributed by atoms with Crippen LogP contribution in [0.2, 0.25) is 0 Å². The van der Waals surface area contributed by atoms with Crippen LogP contribution in [0.5, 0.6) is 0 Å². The van der Waals surface area contributed by atoms with E-state index in [0.29, 0.717) is 19.3 Å². The second-order valence-electron chi connectivity index (χ2n) is 16.0. The van der Waals surface area contributed by atoms with Crippen molar-refractivity contribution < 1.29 is 28.6 Å². The summed E-state index contributed by atoms with van der Waals surface area (Å²) in [5, 5.41) is 0. The average Bonchev–Trinajstić information content (AvgIpc) is 3.22. The molecule has 0 aromatic carbocycles. The van der Waals surface area contributed by atoms with Gasteiger partial charge < -0.3 is 14.2 Å². The summed E-state index contributed by atoms with van der Waals surface area (Å²) in [7, 11) is 0. The Bertz CT molecular complexity index is 1070. The number of carbonyl (C=O) groups excluding carboxylic acids is 3. The molecule has 0 fully saturated rings. The summed E-state index contributed by atoms with van der Waals surface area (Å²) in [6.07, 6.45) is 56.4. The fourth-order valence-corrected chi connectivity index (χ4v) is 6.61. The van der Waals surface area contributed by atoms with Crippen molar-refractivity contribution in [1.29, 1.82) is 0 Å². The molecule has 6 heteroatoms. The van der Waals surface area contributed by atoms with E-state index in [0.717, 1.165) is 96.3 Å². The molecule has 6 nitrogen and oxygen atoms in total. The Morgan fingerprint density at radius 2 is 0.707 bits per heavy atom. The zero-order valence-electron chi connectivity index (χ0n) is 38.0. The van der Waals surface area contributed by atoms with Crippen molar-refractivity contribution in [3.8, 4) is 0 Å². The predicted molar refractivity (Wildman–Crippen MR) is 247 cm³/mol. The van der Waals surface area contributed by atoms with Crippen LogP contribution in [0.1, 0.15) is 233 Å². The Morgan fingerprint density at radius 1 is 0.362 bits per heavy atom. The number of esters is 3. The number of hydrogen-bond acceptors (Lipinski definition) is 6. The van der Waals surface area contributed by atoms with Gasteiger partial charge in [-0.3, -0.25) is 14.4 Å². The minimum atomic E-state index is -0.790. The van der Waals surface area contributed by atoms with Crippen molar-refractivity contribution in [3.63, 3.8) is 0 Å². The zero-order valence-corrected chi connectivity index (χ0v) is 38.0. The zero-order chi connectivity index (χ0) is 42.3. The minimum Gasteiger partial charge on any atom is -0.462 e. The van der Waals surface area contributed by atoms with Gasteiger partial charge in [0.05, 0.1) is 0 Å². The van der Waals surface area contributed by atoms with Crippen LogP contribution in [-0.2, 0) is 28.6 Å². The predicted octanol–water partition coefficient (Wildman–Crippen LogP) is 15.7. The Kier molecular flexibility index (Phi) is 44.5. The number of ether oxygens (including phenoxy) is 3. The molecule has 0 amide bonds. The van der Waals surface area contributed by atoms with Gasteiger partial charge in [0.2, 0.25) is 0 Å². The molecule has 0 aliphatic carbocycles. The molecule has 0 saturated heterocycles. The van der Waals surface area contributed by atoms with Gasteiger partial charge in [0.25, 0.3) is 0 Å². The lowest BCUT2D eigenvalue weighted by Gasteiger charge is -2.18. The maximum Gasteiger partial charge on any atom is 0.306 e. The molecule has 0 saturated carbocycles. The van der Waals surface area contributed by atoms with Crippen LogP contribution in [0.4, 0.5) is 0 Å². The van der Waals surface area contributed by atoms with Crippen LogP contribution in [-0.4, -0.2) is 37.2 Å². The minimum absolute atomic E-state index is 0.0906. The Morgan fingerprint density at radius 3 is 1.17 bits per heavy atom. The highest BCUT2D eigenvalue weighted by atomic mass is 16.6. The normalized spacial score (nSPS) is 12.5. The molecular formula is C52H90O6. The molecule has 0 heterocycles. The summed E-state index contributed by atoms with van der Waals surface area (Å²) in [5.74, 6) is -0.941. The molecule has 334 valence electrons. The van der Waals surface area contributed by atoms with Gasteiger partial charge in [-0.05, 0) is 77.0 Å². The summed E-state index contributed by atoms with van der Waals surface area (Å²) >= 11 is 0. The molecular weight excluding hydrogens is 721 g/mol. The Hall–Kier alpha value is -2.89. The maximum absolute atomic E-state index is 12.8. The quantitative estimate of drug-likeness (QED) is 0.0264. The van der Waals surface area contributed by atoms with E-state index in [1.165, 1.54) is 96.3 Å². The van der Waals surface area contributed by atoms with Crippen LogP contribution < -0.4 is 0 Å². The van der Waals surface area contributed by atoms with E-state index in [9.17, 15) is 14.4 Å². The first-order valence-electron chi connectivity index (χ1n) is 24.3. The summed E-state index contributed by atoms with van der Waals surface area (Å²) in [4.78, 5) is 37.8. The standard InChI is InChI=1S/C52H90O6/c1-4-7-10-13-16-19-22-24-26-28-30-33-36-39-42-45-51(54)57-48-49(47-56-50(53)44-41-38-35-32-21-18-15-12-9-6-3)58-52(55)46-43-40-37-34-31-29-27-25-23-20-17-14-11-8-5-2/h7,10,12,15-16,19,24,26,30,33,49H,4-6,8-9,11,13-14,17-18,20-23,25,27-29,31-32,34-48H2,1-3H3/b10-7-,15-12-,19-16-,26-24-,33-30-. The maximum atomic E-state index is 12.8. The summed E-state index contributed by atoms with van der Waals surface area (Å²) in [5.41, 5.74) is 0. The SMILES string of the molecule is CC/C=C\C/C=C\C/C=C\C/C=C\CCCCC(=O)OCC(COC(=O)CCCCCCC/C=C\CCC)OC(=O)CCCCCCCCCCCCCCCCC. The fourth-order valence-electron chi connectivity index (χ4n) is 6.61. The molecule has 0 bridgehead atoms. The average molecular weight is 811 g/mol. The van der Waals surface area contributed by atoms with E-state index in [2.05, 4.69) is 81.5 Å². The smallest absolute Gasteiger partial charge is 0.306 e. The van der Waals surface area contributed by atoms with Crippen molar-refractivity contribution in [1.82, 2.24) is 0 Å². The summed E-state index contributed by atoms with van der Waals surface area (Å²) < 4.78 is 16.7. The Labute approximate surface area is 358 Å². The van der Waals surface area contributed by atoms with E-state index in [-0.39, 0.29) is 31.1 Å². The van der Waals surface area contributed by atoms with Crippen LogP contribution in [0.15, 0.2) is 60.8 Å². The van der Waals surface area contributed by atoms with Gasteiger partial charge in [-0.25, -0.2) is 0 Å². The number of allylic oxidation sites excluding steroid dienone is 10. The van der Waals surface area contributed by atoms with Gasteiger partial charge in [0.1, 0.15) is 13.2 Å². The Balaban J connectivity index is 4.42. The van der Waals surface area contributed by atoms with Crippen molar-refractivity contribution in [2.75, 3.05) is 13.2 Å². The van der Waals surface area contributed by atoms with Crippen LogP contribution >= 0.6 is 0 Å². The lowest BCUT2D eigenvalue weighted by atomic mass is 10.0. The van der Waals surface area contributed by atoms with Crippen molar-refractivity contribution in [2.24, 2.45) is 0 Å². The molecule has 0 rings (SSSR count). The molecule has 0 aliphatic rings. The number of carbonyl (C=O) groups is 3. The molecule has 58 heavy (non-hydrogen) atoms. The van der Waals surface area contributed by atoms with Gasteiger partial charge in [0, 0.05) is 19.3 Å². The molecule has 0 spiro atoms. The van der Waals surface area contributed by atoms with Gasteiger partial charge >= 0.3 is 17.9 Å². The second-order valence-corrected chi connectivity index (χ2v) is 16.0. The molecule has 1 atom stereocenters. The summed E-state index contributed by atoms with van der Waals surface area (Å²) in [6.45, 7) is 6.42. The van der Waals surface area contributed by atoms with Gasteiger partial charge in [-0.15, -0.1) is 0 Å². The van der Waals surface area contributed by atoms with Gasteiger partial charge in [-0.2, -0.15) is 0 Å². The first-order chi connectivity index (χ1) is 28.5. The van der Waals surface area contributed by atoms with E-state index < -0.39 is 6.10 Å². The highest BCUT2D eigenvalue weighted by Crippen LogP contribution is 2.15. The third-order valence-electron chi connectivity index (χ3n) is 10.2. The molecule has 0 aromatic rings. The van der Waals surface area contributed by atoms with Crippen LogP contribution in [0.25, 0.3) is 0 Å². The molecule has 0 radical (unpaired) electrons. The van der Waals surface area contributed by atoms with Crippen LogP contribution in [0, 0.1) is 0 Å². The number of hydrogen-bond donors (Lipinski definition) is 0. The lowest BCUT2D eigenvalue weighted by Crippen LogP contribution is -2.30. The second kappa shape index (κ2) is 46.8. The van der Waals surface area contributed by atoms with Crippen molar-refractivity contribution in [2.45, 2.75) is 239 Å². The monoisotopic (exact) mass is 811 g/mol. The largest absolute Gasteiger partial charge is 0.462 e. The van der Waals surface area contributed by atoms with Gasteiger partial charge in [0.15, 0.2) is 6.10 Å². The third kappa shape index (κ3) is 44.2. The van der Waals surface area contributed by atoms with E-state index in [1.54, 1.807) is 0 Å². The van der Waals surface area contributed by atoms with E-state index in [4.69, 9.17) is 14.2 Å². The highest BCUT2D eigenvalue weighted by Gasteiger charge is 2.19. The molecule has 0 N–H and O–H groups in total. The number of rotatable bonds is 43. The molecule has 1 unspecified atom stereocenters. The molecule has 0 aliphatic heterocycles. The van der Waals surface area contributed by atoms with Crippen molar-refractivity contribution in [3.05, 3.63) is 60.8 Å². The first-order valence-corrected chi connectivity index (χ1v) is 24.3. The van der Waals surface area contributed by atoms with E-state index in [1.807, 2.05) is 0 Å². The summed E-state index contributed by atoms with van der Waals surface area (Å²) in [6, 6.07) is 0. The molecule has 0 aromatic heterocycles. The third-order valence-corrected chi connectivity index (χ3v) is 10.2. The van der Waals surface area contributed by atoms with Gasteiger partial charge in [-0.1, -0.05) is 197 Å². The first kappa shape index (κ1) is 55.1. The van der Waals surface area contributed by atoms with Crippen molar-refractivity contribution >= 4 is 17.9 Å². The van der Waals surface area contributed by atoms with Crippen LogP contribution in [0.3, 0.4) is 0 Å². The topological polar surface area (TPSA) is 78.9 Å². The number of unbranched alkanes of at least 4 members (excludes halogenated alkanes) is 22. The lowest BCUT2D eigenvalue weighted by molar-refractivity contribution is -0.167. The highest BCUT2D eigenvalue weighted by molar-refractivity contribution is 5.71. The van der Waals surface area contributed by atoms with E-state index >= 15 is 0 Å².